The minimum atomic E-state index is -0.487. The molecule has 1 aliphatic rings. The first-order valence-corrected chi connectivity index (χ1v) is 3.68. The van der Waals surface area contributed by atoms with E-state index in [1.54, 1.807) is 6.08 Å². The smallest absolute Gasteiger partial charge is 0.187 e. The van der Waals surface area contributed by atoms with Gasteiger partial charge in [0.2, 0.25) is 0 Å². The average Bonchev–Trinajstić information content (AvgIpc) is 2.33. The molecule has 0 radical (unpaired) electrons. The largest absolute Gasteiger partial charge is 0.344 e. The number of ether oxygens (including phenoxy) is 2. The van der Waals surface area contributed by atoms with Crippen LogP contribution in [0.1, 0.15) is 20.3 Å². The molecule has 0 N–H and O–H groups in total. The van der Waals surface area contributed by atoms with Gasteiger partial charge in [0.05, 0.1) is 12.7 Å². The van der Waals surface area contributed by atoms with E-state index in [0.717, 1.165) is 6.42 Å². The zero-order valence-corrected chi connectivity index (χ0v) is 6.59. The molecule has 1 heterocycles. The summed E-state index contributed by atoms with van der Waals surface area (Å²) >= 11 is 0. The molecule has 2 atom stereocenters. The lowest BCUT2D eigenvalue weighted by Gasteiger charge is -2.21. The van der Waals surface area contributed by atoms with Crippen molar-refractivity contribution in [1.29, 1.82) is 0 Å². The summed E-state index contributed by atoms with van der Waals surface area (Å²) in [4.78, 5) is 0. The highest BCUT2D eigenvalue weighted by Crippen LogP contribution is 2.27. The van der Waals surface area contributed by atoms with Crippen molar-refractivity contribution in [3.05, 3.63) is 12.7 Å². The quantitative estimate of drug-likeness (QED) is 0.546. The molecule has 0 amide bonds. The second-order valence-corrected chi connectivity index (χ2v) is 2.61. The summed E-state index contributed by atoms with van der Waals surface area (Å²) < 4.78 is 10.9. The highest BCUT2D eigenvalue weighted by Gasteiger charge is 2.34. The molecular formula is C8H14O2. The Morgan fingerprint density at radius 1 is 1.80 bits per heavy atom. The zero-order valence-electron chi connectivity index (χ0n) is 6.59. The molecule has 0 aromatic rings. The van der Waals surface area contributed by atoms with Gasteiger partial charge in [0.15, 0.2) is 5.79 Å². The van der Waals surface area contributed by atoms with Gasteiger partial charge in [-0.25, -0.2) is 0 Å². The Bertz CT molecular complexity index is 133. The Morgan fingerprint density at radius 2 is 2.50 bits per heavy atom. The third kappa shape index (κ3) is 1.22. The Morgan fingerprint density at radius 3 is 2.70 bits per heavy atom. The van der Waals surface area contributed by atoms with Crippen LogP contribution in [-0.2, 0) is 9.47 Å². The summed E-state index contributed by atoms with van der Waals surface area (Å²) in [7, 11) is 0. The van der Waals surface area contributed by atoms with Gasteiger partial charge in [-0.1, -0.05) is 13.5 Å². The topological polar surface area (TPSA) is 18.5 Å². The van der Waals surface area contributed by atoms with Gasteiger partial charge in [0.1, 0.15) is 0 Å². The Labute approximate surface area is 61.8 Å². The zero-order chi connectivity index (χ0) is 7.61. The molecule has 1 saturated heterocycles. The molecule has 0 bridgehead atoms. The van der Waals surface area contributed by atoms with Crippen molar-refractivity contribution in [3.8, 4) is 0 Å². The van der Waals surface area contributed by atoms with Crippen molar-refractivity contribution >= 4 is 0 Å². The highest BCUT2D eigenvalue weighted by atomic mass is 16.7. The van der Waals surface area contributed by atoms with Crippen LogP contribution in [0.5, 0.6) is 0 Å². The molecule has 2 nitrogen and oxygen atoms in total. The van der Waals surface area contributed by atoms with Gasteiger partial charge in [-0.2, -0.15) is 0 Å². The lowest BCUT2D eigenvalue weighted by Crippen LogP contribution is -2.26. The lowest BCUT2D eigenvalue weighted by molar-refractivity contribution is -0.128. The van der Waals surface area contributed by atoms with Crippen molar-refractivity contribution in [2.45, 2.75) is 32.2 Å². The second kappa shape index (κ2) is 2.72. The summed E-state index contributed by atoms with van der Waals surface area (Å²) in [6.45, 7) is 8.38. The van der Waals surface area contributed by atoms with Crippen LogP contribution in [0.25, 0.3) is 0 Å². The first kappa shape index (κ1) is 7.76. The van der Waals surface area contributed by atoms with E-state index in [-0.39, 0.29) is 6.10 Å². The molecule has 2 heteroatoms. The SMILES string of the molecule is C=CC1(CC)OCC(C)O1. The first-order chi connectivity index (χ1) is 4.72. The van der Waals surface area contributed by atoms with E-state index in [1.165, 1.54) is 0 Å². The molecule has 1 rings (SSSR count). The van der Waals surface area contributed by atoms with E-state index in [4.69, 9.17) is 9.47 Å². The maximum atomic E-state index is 5.51. The lowest BCUT2D eigenvalue weighted by atomic mass is 10.2. The van der Waals surface area contributed by atoms with Crippen molar-refractivity contribution in [1.82, 2.24) is 0 Å². The van der Waals surface area contributed by atoms with Crippen molar-refractivity contribution in [2.75, 3.05) is 6.61 Å². The van der Waals surface area contributed by atoms with Gasteiger partial charge in [0, 0.05) is 6.42 Å². The molecule has 0 spiro atoms. The summed E-state index contributed by atoms with van der Waals surface area (Å²) in [6, 6.07) is 0. The highest BCUT2D eigenvalue weighted by molar-refractivity contribution is 4.92. The summed E-state index contributed by atoms with van der Waals surface area (Å²) in [5.74, 6) is -0.487. The van der Waals surface area contributed by atoms with Crippen molar-refractivity contribution in [2.24, 2.45) is 0 Å². The Balaban J connectivity index is 2.59. The fourth-order valence-electron chi connectivity index (χ4n) is 1.10. The van der Waals surface area contributed by atoms with E-state index in [2.05, 4.69) is 6.58 Å². The van der Waals surface area contributed by atoms with Crippen LogP contribution in [-0.4, -0.2) is 18.5 Å². The van der Waals surface area contributed by atoms with Crippen molar-refractivity contribution in [3.63, 3.8) is 0 Å². The molecule has 1 fully saturated rings. The fourth-order valence-corrected chi connectivity index (χ4v) is 1.10. The van der Waals surface area contributed by atoms with Gasteiger partial charge in [0.25, 0.3) is 0 Å². The van der Waals surface area contributed by atoms with Gasteiger partial charge < -0.3 is 9.47 Å². The van der Waals surface area contributed by atoms with E-state index in [9.17, 15) is 0 Å². The van der Waals surface area contributed by atoms with Crippen LogP contribution in [0.2, 0.25) is 0 Å². The normalized spacial score (nSPS) is 40.0. The van der Waals surface area contributed by atoms with E-state index in [0.29, 0.717) is 6.61 Å². The Hall–Kier alpha value is -0.340. The van der Waals surface area contributed by atoms with Gasteiger partial charge >= 0.3 is 0 Å². The monoisotopic (exact) mass is 142 g/mol. The van der Waals surface area contributed by atoms with Crippen LogP contribution in [0, 0.1) is 0 Å². The standard InChI is InChI=1S/C8H14O2/c1-4-8(5-2)9-6-7(3)10-8/h4,7H,1,5-6H2,2-3H3. The molecule has 2 unspecified atom stereocenters. The number of rotatable bonds is 2. The van der Waals surface area contributed by atoms with Crippen LogP contribution >= 0.6 is 0 Å². The molecule has 0 aromatic heterocycles. The maximum absolute atomic E-state index is 5.51. The van der Waals surface area contributed by atoms with Gasteiger partial charge in [-0.05, 0) is 13.0 Å². The minimum absolute atomic E-state index is 0.206. The first-order valence-electron chi connectivity index (χ1n) is 3.68. The molecular weight excluding hydrogens is 128 g/mol. The van der Waals surface area contributed by atoms with Gasteiger partial charge in [-0.15, -0.1) is 0 Å². The molecule has 0 saturated carbocycles. The van der Waals surface area contributed by atoms with Crippen LogP contribution in [0.4, 0.5) is 0 Å². The van der Waals surface area contributed by atoms with E-state index in [1.807, 2.05) is 13.8 Å². The summed E-state index contributed by atoms with van der Waals surface area (Å²) in [5, 5.41) is 0. The molecule has 0 aliphatic carbocycles. The second-order valence-electron chi connectivity index (χ2n) is 2.61. The summed E-state index contributed by atoms with van der Waals surface area (Å²) in [5.41, 5.74) is 0. The van der Waals surface area contributed by atoms with Crippen LogP contribution in [0.3, 0.4) is 0 Å². The van der Waals surface area contributed by atoms with E-state index < -0.39 is 5.79 Å². The number of hydrogen-bond donors (Lipinski definition) is 0. The fraction of sp³-hybridized carbons (Fsp3) is 0.750. The molecule has 10 heavy (non-hydrogen) atoms. The average molecular weight is 142 g/mol. The third-order valence-corrected chi connectivity index (χ3v) is 1.77. The third-order valence-electron chi connectivity index (χ3n) is 1.77. The van der Waals surface area contributed by atoms with Crippen LogP contribution < -0.4 is 0 Å². The molecule has 0 aromatic carbocycles. The minimum Gasteiger partial charge on any atom is -0.344 e. The van der Waals surface area contributed by atoms with E-state index >= 15 is 0 Å². The predicted molar refractivity (Wildman–Crippen MR) is 39.7 cm³/mol. The predicted octanol–water partition coefficient (Wildman–Crippen LogP) is 1.71. The maximum Gasteiger partial charge on any atom is 0.187 e. The van der Waals surface area contributed by atoms with Gasteiger partial charge in [-0.3, -0.25) is 0 Å². The Kier molecular flexibility index (Phi) is 2.11. The molecule has 1 aliphatic heterocycles. The summed E-state index contributed by atoms with van der Waals surface area (Å²) in [6.07, 6.45) is 2.77. The molecule has 58 valence electrons. The van der Waals surface area contributed by atoms with Crippen LogP contribution in [0.15, 0.2) is 12.7 Å². The number of hydrogen-bond acceptors (Lipinski definition) is 2. The van der Waals surface area contributed by atoms with Crippen molar-refractivity contribution < 1.29 is 9.47 Å².